The lowest BCUT2D eigenvalue weighted by molar-refractivity contribution is -0.384. The Bertz CT molecular complexity index is 524. The molecule has 0 bridgehead atoms. The zero-order valence-corrected chi connectivity index (χ0v) is 10.8. The zero-order valence-electron chi connectivity index (χ0n) is 10.8. The number of nitro groups is 1. The number of aryl methyl sites for hydroxylation is 1. The van der Waals surface area contributed by atoms with Crippen LogP contribution in [0.15, 0.2) is 12.3 Å². The molecule has 1 rings (SSSR count). The number of carboxylic acid groups (broad SMARTS) is 1. The lowest BCUT2D eigenvalue weighted by Crippen LogP contribution is -2.31. The standard InChI is InChI=1S/C11H15N3O6/c1-2-13-6-7(14(19)20)5-8(13)10(16)12-4-3-9(15)11(17)18/h5-6,9,15H,2-4H2,1H3,(H,12,16)(H,17,18). The number of aromatic nitrogens is 1. The number of hydrogen-bond acceptors (Lipinski definition) is 5. The number of nitrogens with zero attached hydrogens (tertiary/aromatic N) is 2. The van der Waals surface area contributed by atoms with Crippen LogP contribution in [0.4, 0.5) is 5.69 Å². The Morgan fingerprint density at radius 3 is 2.70 bits per heavy atom. The van der Waals surface area contributed by atoms with Crippen LogP contribution < -0.4 is 5.32 Å². The van der Waals surface area contributed by atoms with Crippen molar-refractivity contribution in [1.82, 2.24) is 9.88 Å². The van der Waals surface area contributed by atoms with Gasteiger partial charge in [0.2, 0.25) is 0 Å². The van der Waals surface area contributed by atoms with Crippen molar-refractivity contribution in [3.63, 3.8) is 0 Å². The summed E-state index contributed by atoms with van der Waals surface area (Å²) >= 11 is 0. The second kappa shape index (κ2) is 6.66. The summed E-state index contributed by atoms with van der Waals surface area (Å²) in [5.41, 5.74) is -0.0772. The fraction of sp³-hybridized carbons (Fsp3) is 0.455. The van der Waals surface area contributed by atoms with Crippen LogP contribution in [0, 0.1) is 10.1 Å². The van der Waals surface area contributed by atoms with Gasteiger partial charge in [0.15, 0.2) is 6.10 Å². The fourth-order valence-corrected chi connectivity index (χ4v) is 1.58. The molecule has 0 saturated carbocycles. The maximum absolute atomic E-state index is 11.8. The van der Waals surface area contributed by atoms with Crippen molar-refractivity contribution in [2.24, 2.45) is 0 Å². The van der Waals surface area contributed by atoms with E-state index >= 15 is 0 Å². The van der Waals surface area contributed by atoms with Crippen molar-refractivity contribution in [3.8, 4) is 0 Å². The highest BCUT2D eigenvalue weighted by Gasteiger charge is 2.19. The SMILES string of the molecule is CCn1cc([N+](=O)[O-])cc1C(=O)NCCC(O)C(=O)O. The molecule has 9 heteroatoms. The third-order valence-corrected chi connectivity index (χ3v) is 2.65. The summed E-state index contributed by atoms with van der Waals surface area (Å²) in [6.07, 6.45) is -0.445. The molecule has 1 amide bonds. The van der Waals surface area contributed by atoms with Crippen LogP contribution in [0.5, 0.6) is 0 Å². The Hall–Kier alpha value is -2.42. The number of rotatable bonds is 7. The van der Waals surface area contributed by atoms with Gasteiger partial charge in [-0.2, -0.15) is 0 Å². The van der Waals surface area contributed by atoms with Crippen molar-refractivity contribution in [1.29, 1.82) is 0 Å². The number of carbonyl (C=O) groups is 2. The highest BCUT2D eigenvalue weighted by Crippen LogP contribution is 2.16. The molecule has 0 saturated heterocycles. The number of carboxylic acids is 1. The third-order valence-electron chi connectivity index (χ3n) is 2.65. The minimum absolute atomic E-state index is 0.0466. The molecule has 0 spiro atoms. The molecule has 1 atom stereocenters. The molecular weight excluding hydrogens is 270 g/mol. The Morgan fingerprint density at radius 2 is 2.20 bits per heavy atom. The van der Waals surface area contributed by atoms with Crippen LogP contribution >= 0.6 is 0 Å². The predicted octanol–water partition coefficient (Wildman–Crippen LogP) is -0.0184. The Morgan fingerprint density at radius 1 is 1.55 bits per heavy atom. The predicted molar refractivity (Wildman–Crippen MR) is 67.4 cm³/mol. The summed E-state index contributed by atoms with van der Waals surface area (Å²) < 4.78 is 1.42. The summed E-state index contributed by atoms with van der Waals surface area (Å²) in [7, 11) is 0. The molecule has 0 aliphatic heterocycles. The number of aliphatic hydroxyl groups excluding tert-OH is 1. The Balaban J connectivity index is 2.67. The van der Waals surface area contributed by atoms with Gasteiger partial charge in [-0.05, 0) is 6.92 Å². The first-order valence-corrected chi connectivity index (χ1v) is 5.90. The minimum Gasteiger partial charge on any atom is -0.479 e. The molecular formula is C11H15N3O6. The van der Waals surface area contributed by atoms with E-state index in [1.165, 1.54) is 10.8 Å². The fourth-order valence-electron chi connectivity index (χ4n) is 1.58. The van der Waals surface area contributed by atoms with Gasteiger partial charge in [0.05, 0.1) is 11.1 Å². The first kappa shape index (κ1) is 15.6. The van der Waals surface area contributed by atoms with E-state index in [1.807, 2.05) is 0 Å². The summed E-state index contributed by atoms with van der Waals surface area (Å²) in [6.45, 7) is 2.07. The molecule has 9 nitrogen and oxygen atoms in total. The topological polar surface area (TPSA) is 135 Å². The second-order valence-electron chi connectivity index (χ2n) is 4.03. The number of carbonyl (C=O) groups excluding carboxylic acids is 1. The molecule has 110 valence electrons. The van der Waals surface area contributed by atoms with Gasteiger partial charge in [0.1, 0.15) is 5.69 Å². The van der Waals surface area contributed by atoms with Crippen LogP contribution in [0.2, 0.25) is 0 Å². The molecule has 20 heavy (non-hydrogen) atoms. The van der Waals surface area contributed by atoms with Gasteiger partial charge in [-0.25, -0.2) is 4.79 Å². The number of aliphatic hydroxyl groups is 1. The summed E-state index contributed by atoms with van der Waals surface area (Å²) in [5.74, 6) is -1.93. The van der Waals surface area contributed by atoms with E-state index in [0.29, 0.717) is 6.54 Å². The van der Waals surface area contributed by atoms with E-state index in [4.69, 9.17) is 10.2 Å². The first-order chi connectivity index (χ1) is 9.36. The van der Waals surface area contributed by atoms with Crippen molar-refractivity contribution in [2.75, 3.05) is 6.54 Å². The van der Waals surface area contributed by atoms with Crippen molar-refractivity contribution in [3.05, 3.63) is 28.1 Å². The largest absolute Gasteiger partial charge is 0.479 e. The van der Waals surface area contributed by atoms with Gasteiger partial charge in [-0.15, -0.1) is 0 Å². The van der Waals surface area contributed by atoms with Gasteiger partial charge in [0.25, 0.3) is 11.6 Å². The van der Waals surface area contributed by atoms with E-state index in [2.05, 4.69) is 5.32 Å². The molecule has 3 N–H and O–H groups in total. The average molecular weight is 285 g/mol. The summed E-state index contributed by atoms with van der Waals surface area (Å²) in [4.78, 5) is 32.3. The lowest BCUT2D eigenvalue weighted by Gasteiger charge is -2.08. The normalized spacial score (nSPS) is 11.9. The van der Waals surface area contributed by atoms with E-state index in [1.54, 1.807) is 6.92 Å². The van der Waals surface area contributed by atoms with Crippen molar-refractivity contribution in [2.45, 2.75) is 26.0 Å². The summed E-state index contributed by atoms with van der Waals surface area (Å²) in [6, 6.07) is 1.15. The maximum Gasteiger partial charge on any atom is 0.332 e. The number of amides is 1. The van der Waals surface area contributed by atoms with Crippen LogP contribution in [0.1, 0.15) is 23.8 Å². The molecule has 0 radical (unpaired) electrons. The second-order valence-corrected chi connectivity index (χ2v) is 4.03. The first-order valence-electron chi connectivity index (χ1n) is 5.90. The van der Waals surface area contributed by atoms with Crippen molar-refractivity contribution >= 4 is 17.6 Å². The molecule has 0 aliphatic carbocycles. The van der Waals surface area contributed by atoms with Crippen molar-refractivity contribution < 1.29 is 24.7 Å². The number of hydrogen-bond donors (Lipinski definition) is 3. The van der Waals surface area contributed by atoms with Crippen LogP contribution in [-0.2, 0) is 11.3 Å². The number of nitrogens with one attached hydrogen (secondary N) is 1. The van der Waals surface area contributed by atoms with Crippen LogP contribution in [-0.4, -0.2) is 44.2 Å². The molecule has 0 aliphatic rings. The zero-order chi connectivity index (χ0) is 15.3. The molecule has 1 aromatic rings. The third kappa shape index (κ3) is 3.79. The van der Waals surface area contributed by atoms with Gasteiger partial charge < -0.3 is 20.1 Å². The maximum atomic E-state index is 11.8. The Kier molecular flexibility index (Phi) is 5.21. The van der Waals surface area contributed by atoms with E-state index in [-0.39, 0.29) is 24.3 Å². The quantitative estimate of drug-likeness (QED) is 0.476. The van der Waals surface area contributed by atoms with Crippen LogP contribution in [0.3, 0.4) is 0 Å². The van der Waals surface area contributed by atoms with Gasteiger partial charge >= 0.3 is 5.97 Å². The smallest absolute Gasteiger partial charge is 0.332 e. The summed E-state index contributed by atoms with van der Waals surface area (Å²) in [5, 5.41) is 30.6. The average Bonchev–Trinajstić information content (AvgIpc) is 2.82. The molecule has 0 aromatic carbocycles. The number of aliphatic carboxylic acids is 1. The molecule has 0 fully saturated rings. The van der Waals surface area contributed by atoms with Crippen LogP contribution in [0.25, 0.3) is 0 Å². The molecule has 1 unspecified atom stereocenters. The van der Waals surface area contributed by atoms with E-state index in [0.717, 1.165) is 6.07 Å². The van der Waals surface area contributed by atoms with E-state index in [9.17, 15) is 19.7 Å². The lowest BCUT2D eigenvalue weighted by atomic mass is 10.2. The Labute approximate surface area is 114 Å². The van der Waals surface area contributed by atoms with Gasteiger partial charge in [0, 0.05) is 25.6 Å². The van der Waals surface area contributed by atoms with Gasteiger partial charge in [-0.3, -0.25) is 14.9 Å². The molecule has 1 aromatic heterocycles. The van der Waals surface area contributed by atoms with Gasteiger partial charge in [-0.1, -0.05) is 0 Å². The highest BCUT2D eigenvalue weighted by atomic mass is 16.6. The van der Waals surface area contributed by atoms with E-state index < -0.39 is 22.9 Å². The minimum atomic E-state index is -1.55. The highest BCUT2D eigenvalue weighted by molar-refractivity contribution is 5.93. The monoisotopic (exact) mass is 285 g/mol. The molecule has 1 heterocycles.